The van der Waals surface area contributed by atoms with E-state index in [9.17, 15) is 14.7 Å². The van der Waals surface area contributed by atoms with Gasteiger partial charge in [0, 0.05) is 37.3 Å². The fourth-order valence-corrected chi connectivity index (χ4v) is 5.24. The third-order valence-electron chi connectivity index (χ3n) is 7.19. The molecule has 0 unspecified atom stereocenters. The van der Waals surface area contributed by atoms with Crippen LogP contribution in [0.2, 0.25) is 0 Å². The summed E-state index contributed by atoms with van der Waals surface area (Å²) in [6.07, 6.45) is 1.54. The molecule has 1 fully saturated rings. The first-order chi connectivity index (χ1) is 21.1. The van der Waals surface area contributed by atoms with E-state index in [2.05, 4.69) is 19.9 Å². The first-order valence-corrected chi connectivity index (χ1v) is 14.5. The van der Waals surface area contributed by atoms with Crippen molar-refractivity contribution in [3.8, 4) is 11.6 Å². The Balaban J connectivity index is 1.43. The number of nitrogens with zero attached hydrogens (tertiary/aromatic N) is 8. The van der Waals surface area contributed by atoms with E-state index in [4.69, 9.17) is 19.4 Å². The number of rotatable bonds is 7. The Morgan fingerprint density at radius 1 is 0.955 bits per heavy atom. The lowest BCUT2D eigenvalue weighted by atomic mass is 10.2. The van der Waals surface area contributed by atoms with Gasteiger partial charge in [-0.3, -0.25) is 4.79 Å². The minimum absolute atomic E-state index is 0.0910. The molecule has 44 heavy (non-hydrogen) atoms. The number of hydrogen-bond donors (Lipinski definition) is 1. The number of esters is 2. The van der Waals surface area contributed by atoms with Gasteiger partial charge in [-0.05, 0) is 58.0 Å². The van der Waals surface area contributed by atoms with Crippen LogP contribution in [0.25, 0.3) is 27.9 Å². The highest BCUT2D eigenvalue weighted by Crippen LogP contribution is 2.28. The van der Waals surface area contributed by atoms with Crippen molar-refractivity contribution in [3.63, 3.8) is 0 Å². The maximum absolute atomic E-state index is 12.9. The summed E-state index contributed by atoms with van der Waals surface area (Å²) in [5.74, 6) is 0.0903. The van der Waals surface area contributed by atoms with Gasteiger partial charge in [0.2, 0.25) is 5.95 Å². The monoisotopic (exact) mass is 598 g/mol. The topological polar surface area (TPSA) is 141 Å². The maximum Gasteiger partial charge on any atom is 0.359 e. The second kappa shape index (κ2) is 11.5. The number of imidazole rings is 1. The Bertz CT molecular complexity index is 1830. The van der Waals surface area contributed by atoms with E-state index in [1.54, 1.807) is 28.3 Å². The van der Waals surface area contributed by atoms with E-state index in [0.717, 1.165) is 5.69 Å². The average molecular weight is 599 g/mol. The van der Waals surface area contributed by atoms with Crippen LogP contribution in [0, 0.1) is 0 Å². The fourth-order valence-electron chi connectivity index (χ4n) is 5.24. The van der Waals surface area contributed by atoms with Gasteiger partial charge in [0.15, 0.2) is 22.7 Å². The van der Waals surface area contributed by atoms with Gasteiger partial charge >= 0.3 is 11.9 Å². The minimum Gasteiger partial charge on any atom is -0.508 e. The predicted octanol–water partition coefficient (Wildman–Crippen LogP) is 3.72. The number of carbonyl (C=O) groups excluding carboxylic acids is 2. The molecule has 0 spiro atoms. The quantitative estimate of drug-likeness (QED) is 0.274. The molecule has 0 radical (unpaired) electrons. The first kappa shape index (κ1) is 28.9. The summed E-state index contributed by atoms with van der Waals surface area (Å²) in [6, 6.07) is 14.5. The highest BCUT2D eigenvalue weighted by atomic mass is 16.6. The molecule has 5 aromatic rings. The number of aromatic nitrogens is 6. The van der Waals surface area contributed by atoms with E-state index in [-0.39, 0.29) is 24.6 Å². The van der Waals surface area contributed by atoms with Crippen molar-refractivity contribution >= 4 is 45.6 Å². The highest BCUT2D eigenvalue weighted by Gasteiger charge is 2.27. The van der Waals surface area contributed by atoms with Gasteiger partial charge in [0.1, 0.15) is 17.9 Å². The summed E-state index contributed by atoms with van der Waals surface area (Å²) in [5.41, 5.74) is 2.06. The molecule has 0 atom stereocenters. The Morgan fingerprint density at radius 2 is 1.66 bits per heavy atom. The van der Waals surface area contributed by atoms with Crippen molar-refractivity contribution in [3.05, 3.63) is 60.6 Å². The molecule has 0 bridgehead atoms. The smallest absolute Gasteiger partial charge is 0.359 e. The second-order valence-corrected chi connectivity index (χ2v) is 11.5. The summed E-state index contributed by atoms with van der Waals surface area (Å²) in [7, 11) is 0. The molecule has 6 rings (SSSR count). The van der Waals surface area contributed by atoms with Gasteiger partial charge in [0.25, 0.3) is 0 Å². The van der Waals surface area contributed by atoms with Crippen molar-refractivity contribution in [1.29, 1.82) is 0 Å². The van der Waals surface area contributed by atoms with Crippen LogP contribution in [-0.4, -0.2) is 84.7 Å². The number of benzene rings is 2. The van der Waals surface area contributed by atoms with Crippen molar-refractivity contribution in [1.82, 2.24) is 29.3 Å². The first-order valence-electron chi connectivity index (χ1n) is 14.5. The van der Waals surface area contributed by atoms with Gasteiger partial charge in [-0.1, -0.05) is 18.2 Å². The van der Waals surface area contributed by atoms with Gasteiger partial charge in [0.05, 0.1) is 18.5 Å². The van der Waals surface area contributed by atoms with Crippen LogP contribution in [0.15, 0.2) is 54.9 Å². The number of carbonyl (C=O) groups is 2. The molecule has 3 aromatic heterocycles. The number of hydrogen-bond acceptors (Lipinski definition) is 11. The zero-order valence-corrected chi connectivity index (χ0v) is 25.1. The number of ether oxygens (including phenoxy) is 2. The van der Waals surface area contributed by atoms with Crippen molar-refractivity contribution in [2.75, 3.05) is 42.6 Å². The lowest BCUT2D eigenvalue weighted by molar-refractivity contribution is -0.155. The third kappa shape index (κ3) is 5.72. The van der Waals surface area contributed by atoms with Gasteiger partial charge < -0.3 is 28.9 Å². The summed E-state index contributed by atoms with van der Waals surface area (Å²) < 4.78 is 14.1. The van der Waals surface area contributed by atoms with E-state index in [1.165, 1.54) is 6.33 Å². The zero-order chi connectivity index (χ0) is 31.0. The van der Waals surface area contributed by atoms with Crippen LogP contribution in [0.1, 0.15) is 38.2 Å². The van der Waals surface area contributed by atoms with Gasteiger partial charge in [-0.15, -0.1) is 0 Å². The van der Waals surface area contributed by atoms with Crippen LogP contribution in [0.5, 0.6) is 5.75 Å². The fraction of sp³-hybridized carbons (Fsp3) is 0.355. The molecular weight excluding hydrogens is 564 g/mol. The molecule has 0 saturated carbocycles. The number of anilines is 2. The molecule has 13 heteroatoms. The number of phenolic OH excluding ortho intramolecular Hbond substituents is 1. The second-order valence-electron chi connectivity index (χ2n) is 11.5. The number of para-hydroxylation sites is 1. The normalized spacial score (nSPS) is 13.9. The lowest BCUT2D eigenvalue weighted by Crippen LogP contribution is -2.47. The van der Waals surface area contributed by atoms with E-state index in [1.807, 2.05) is 57.2 Å². The molecule has 0 aliphatic carbocycles. The van der Waals surface area contributed by atoms with Gasteiger partial charge in [-0.2, -0.15) is 15.1 Å². The molecule has 1 aliphatic heterocycles. The van der Waals surface area contributed by atoms with E-state index >= 15 is 0 Å². The molecule has 13 nitrogen and oxygen atoms in total. The number of piperazine rings is 1. The molecule has 0 amide bonds. The minimum atomic E-state index is -0.645. The molecular formula is C31H34N8O5. The predicted molar refractivity (Wildman–Crippen MR) is 164 cm³/mol. The van der Waals surface area contributed by atoms with Crippen LogP contribution in [-0.2, 0) is 20.8 Å². The summed E-state index contributed by atoms with van der Waals surface area (Å²) in [4.78, 5) is 44.4. The average Bonchev–Trinajstić information content (AvgIpc) is 3.58. The van der Waals surface area contributed by atoms with Crippen molar-refractivity contribution in [2.45, 2.75) is 39.8 Å². The molecule has 4 heterocycles. The summed E-state index contributed by atoms with van der Waals surface area (Å²) >= 11 is 0. The molecule has 1 aliphatic rings. The van der Waals surface area contributed by atoms with Crippen molar-refractivity contribution < 1.29 is 24.2 Å². The van der Waals surface area contributed by atoms with Gasteiger partial charge in [-0.25, -0.2) is 14.5 Å². The van der Waals surface area contributed by atoms with Crippen molar-refractivity contribution in [2.24, 2.45) is 0 Å². The highest BCUT2D eigenvalue weighted by molar-refractivity contribution is 6.03. The number of phenols is 1. The van der Waals surface area contributed by atoms with Crippen LogP contribution in [0.4, 0.5) is 11.6 Å². The Hall–Kier alpha value is -5.20. The zero-order valence-electron chi connectivity index (χ0n) is 25.1. The summed E-state index contributed by atoms with van der Waals surface area (Å²) in [5, 5.41) is 15.0. The summed E-state index contributed by atoms with van der Waals surface area (Å²) in [6.45, 7) is 9.98. The Labute approximate surface area is 253 Å². The van der Waals surface area contributed by atoms with Crippen LogP contribution in [0.3, 0.4) is 0 Å². The maximum atomic E-state index is 12.9. The molecule has 1 saturated heterocycles. The van der Waals surface area contributed by atoms with E-state index in [0.29, 0.717) is 60.0 Å². The Morgan fingerprint density at radius 3 is 2.36 bits per heavy atom. The number of aromatic hydroxyl groups is 1. The largest absolute Gasteiger partial charge is 0.508 e. The number of fused-ring (bicyclic) bond motifs is 2. The Kier molecular flexibility index (Phi) is 7.53. The van der Waals surface area contributed by atoms with E-state index < -0.39 is 17.5 Å². The molecule has 2 aromatic carbocycles. The third-order valence-corrected chi connectivity index (χ3v) is 7.19. The lowest BCUT2D eigenvalue weighted by Gasteiger charge is -2.36. The SMILES string of the molecule is CCOC(=O)c1nn(-c2nc(N3CCN(c4ccc(O)cc4)CC3)nc3c2ncn3CC(=O)OC(C)(C)C)c2ccccc12. The standard InChI is InChI=1S/C31H34N8O5/c1-5-43-29(42)25-22-8-6-7-9-23(22)39(35-25)28-26-27(38(19-32-26)18-24(41)44-31(2,3)4)33-30(34-28)37-16-14-36(15-17-37)20-10-12-21(40)13-11-20/h6-13,19,40H,5,14-18H2,1-4H3. The molecule has 228 valence electrons. The molecule has 1 N–H and O–H groups in total. The van der Waals surface area contributed by atoms with Crippen LogP contribution >= 0.6 is 0 Å². The van der Waals surface area contributed by atoms with Crippen LogP contribution < -0.4 is 9.80 Å².